The number of pyridine rings is 1. The van der Waals surface area contributed by atoms with E-state index in [4.69, 9.17) is 5.73 Å². The second-order valence-electron chi connectivity index (χ2n) is 8.88. The van der Waals surface area contributed by atoms with Gasteiger partial charge in [0, 0.05) is 18.7 Å². The van der Waals surface area contributed by atoms with Gasteiger partial charge in [0.25, 0.3) is 5.91 Å². The standard InChI is InChI=1S/C27H29FN6O2/c1-27(2,34-24(35)16-30)17-32-26(36)22-10-11-23(21-9-4-3-7-19(21)15-29)33-25(22)31-13-12-18-6-5-8-20(28)14-18/h3-11,14H,12-13,16-17,30H2,1-2H3,(H,31,33)(H,32,36)(H,34,35). The highest BCUT2D eigenvalue weighted by atomic mass is 19.1. The summed E-state index contributed by atoms with van der Waals surface area (Å²) in [7, 11) is 0. The summed E-state index contributed by atoms with van der Waals surface area (Å²) in [6.07, 6.45) is 0.512. The Balaban J connectivity index is 1.84. The monoisotopic (exact) mass is 488 g/mol. The zero-order valence-corrected chi connectivity index (χ0v) is 20.3. The first-order chi connectivity index (χ1) is 17.2. The van der Waals surface area contributed by atoms with E-state index in [0.717, 1.165) is 5.56 Å². The Labute approximate surface area is 209 Å². The summed E-state index contributed by atoms with van der Waals surface area (Å²) in [6.45, 7) is 3.97. The quantitative estimate of drug-likeness (QED) is 0.347. The van der Waals surface area contributed by atoms with Gasteiger partial charge in [-0.1, -0.05) is 30.3 Å². The molecule has 0 radical (unpaired) electrons. The van der Waals surface area contributed by atoms with E-state index >= 15 is 0 Å². The molecule has 5 N–H and O–H groups in total. The minimum Gasteiger partial charge on any atom is -0.369 e. The van der Waals surface area contributed by atoms with Gasteiger partial charge >= 0.3 is 0 Å². The molecule has 2 amide bonds. The average molecular weight is 489 g/mol. The molecule has 0 atom stereocenters. The van der Waals surface area contributed by atoms with Crippen molar-refractivity contribution in [3.8, 4) is 17.3 Å². The van der Waals surface area contributed by atoms with Crippen LogP contribution in [-0.2, 0) is 11.2 Å². The molecule has 9 heteroatoms. The second-order valence-corrected chi connectivity index (χ2v) is 8.88. The summed E-state index contributed by atoms with van der Waals surface area (Å²) in [5, 5.41) is 18.3. The third-order valence-electron chi connectivity index (χ3n) is 5.41. The molecule has 186 valence electrons. The summed E-state index contributed by atoms with van der Waals surface area (Å²) >= 11 is 0. The molecule has 0 saturated carbocycles. The number of nitrogens with two attached hydrogens (primary N) is 1. The van der Waals surface area contributed by atoms with Crippen LogP contribution in [0.5, 0.6) is 0 Å². The normalized spacial score (nSPS) is 10.9. The molecule has 0 aliphatic rings. The molecule has 0 saturated heterocycles. The average Bonchev–Trinajstić information content (AvgIpc) is 2.87. The molecule has 0 fully saturated rings. The fourth-order valence-corrected chi connectivity index (χ4v) is 3.62. The van der Waals surface area contributed by atoms with Gasteiger partial charge in [0.1, 0.15) is 11.6 Å². The van der Waals surface area contributed by atoms with Crippen molar-refractivity contribution in [1.82, 2.24) is 15.6 Å². The summed E-state index contributed by atoms with van der Waals surface area (Å²) in [4.78, 5) is 29.4. The molecule has 36 heavy (non-hydrogen) atoms. The number of rotatable bonds is 10. The van der Waals surface area contributed by atoms with E-state index in [-0.39, 0.29) is 30.7 Å². The molecule has 0 unspecified atom stereocenters. The molecule has 0 aliphatic carbocycles. The van der Waals surface area contributed by atoms with E-state index in [1.807, 2.05) is 12.1 Å². The minimum absolute atomic E-state index is 0.147. The molecule has 0 aliphatic heterocycles. The number of benzene rings is 2. The zero-order valence-electron chi connectivity index (χ0n) is 20.3. The maximum Gasteiger partial charge on any atom is 0.255 e. The van der Waals surface area contributed by atoms with Gasteiger partial charge in [-0.05, 0) is 56.2 Å². The van der Waals surface area contributed by atoms with Gasteiger partial charge in [0.15, 0.2) is 0 Å². The van der Waals surface area contributed by atoms with Crippen LogP contribution in [0.4, 0.5) is 10.2 Å². The Bertz CT molecular complexity index is 1290. The van der Waals surface area contributed by atoms with Crippen LogP contribution in [0.2, 0.25) is 0 Å². The van der Waals surface area contributed by atoms with Crippen LogP contribution in [0.25, 0.3) is 11.3 Å². The van der Waals surface area contributed by atoms with E-state index in [0.29, 0.717) is 41.2 Å². The maximum atomic E-state index is 13.5. The van der Waals surface area contributed by atoms with Crippen molar-refractivity contribution in [2.24, 2.45) is 5.73 Å². The smallest absolute Gasteiger partial charge is 0.255 e. The number of hydrogen-bond donors (Lipinski definition) is 4. The Morgan fingerprint density at radius 2 is 1.89 bits per heavy atom. The van der Waals surface area contributed by atoms with Crippen LogP contribution >= 0.6 is 0 Å². The van der Waals surface area contributed by atoms with E-state index < -0.39 is 5.54 Å². The van der Waals surface area contributed by atoms with Crippen LogP contribution in [0.3, 0.4) is 0 Å². The topological polar surface area (TPSA) is 133 Å². The molecular formula is C27H29FN6O2. The summed E-state index contributed by atoms with van der Waals surface area (Å²) in [6, 6.07) is 18.9. The van der Waals surface area contributed by atoms with Crippen LogP contribution in [0.1, 0.15) is 35.3 Å². The number of amides is 2. The number of halogens is 1. The van der Waals surface area contributed by atoms with Crippen LogP contribution in [-0.4, -0.2) is 42.0 Å². The van der Waals surface area contributed by atoms with Gasteiger partial charge in [0.2, 0.25) is 5.91 Å². The Morgan fingerprint density at radius 1 is 1.11 bits per heavy atom. The number of hydrogen-bond acceptors (Lipinski definition) is 6. The molecule has 8 nitrogen and oxygen atoms in total. The molecular weight excluding hydrogens is 459 g/mol. The number of nitrogens with zero attached hydrogens (tertiary/aromatic N) is 2. The van der Waals surface area contributed by atoms with Gasteiger partial charge < -0.3 is 21.7 Å². The third kappa shape index (κ3) is 7.10. The lowest BCUT2D eigenvalue weighted by molar-refractivity contribution is -0.121. The fourth-order valence-electron chi connectivity index (χ4n) is 3.62. The predicted molar refractivity (Wildman–Crippen MR) is 137 cm³/mol. The van der Waals surface area contributed by atoms with Gasteiger partial charge in [-0.3, -0.25) is 9.59 Å². The number of carbonyl (C=O) groups excluding carboxylic acids is 2. The highest BCUT2D eigenvalue weighted by molar-refractivity contribution is 5.99. The van der Waals surface area contributed by atoms with Gasteiger partial charge in [-0.2, -0.15) is 5.26 Å². The van der Waals surface area contributed by atoms with E-state index in [2.05, 4.69) is 27.0 Å². The van der Waals surface area contributed by atoms with Crippen molar-refractivity contribution in [2.45, 2.75) is 25.8 Å². The van der Waals surface area contributed by atoms with Crippen LogP contribution in [0, 0.1) is 17.1 Å². The molecule has 1 heterocycles. The second kappa shape index (κ2) is 11.9. The number of aromatic nitrogens is 1. The maximum absolute atomic E-state index is 13.5. The van der Waals surface area contributed by atoms with E-state index in [1.165, 1.54) is 12.1 Å². The van der Waals surface area contributed by atoms with Crippen molar-refractivity contribution >= 4 is 17.6 Å². The first kappa shape index (κ1) is 26.3. The van der Waals surface area contributed by atoms with Crippen LogP contribution in [0.15, 0.2) is 60.7 Å². The summed E-state index contributed by atoms with van der Waals surface area (Å²) in [5.74, 6) is -0.690. The number of anilines is 1. The lowest BCUT2D eigenvalue weighted by atomic mass is 10.0. The van der Waals surface area contributed by atoms with Gasteiger partial charge in [0.05, 0.1) is 35.0 Å². The lowest BCUT2D eigenvalue weighted by Crippen LogP contribution is -2.52. The van der Waals surface area contributed by atoms with Crippen molar-refractivity contribution < 1.29 is 14.0 Å². The molecule has 0 spiro atoms. The molecule has 3 rings (SSSR count). The van der Waals surface area contributed by atoms with Crippen molar-refractivity contribution in [1.29, 1.82) is 5.26 Å². The molecule has 1 aromatic heterocycles. The fraction of sp³-hybridized carbons (Fsp3) is 0.259. The Morgan fingerprint density at radius 3 is 2.61 bits per heavy atom. The zero-order chi connectivity index (χ0) is 26.1. The Hall–Kier alpha value is -4.29. The van der Waals surface area contributed by atoms with Crippen molar-refractivity contribution in [3.05, 3.63) is 83.2 Å². The minimum atomic E-state index is -0.712. The predicted octanol–water partition coefficient (Wildman–Crippen LogP) is 3.00. The number of carbonyl (C=O) groups is 2. The van der Waals surface area contributed by atoms with Gasteiger partial charge in [-0.25, -0.2) is 9.37 Å². The highest BCUT2D eigenvalue weighted by Crippen LogP contribution is 2.25. The van der Waals surface area contributed by atoms with E-state index in [9.17, 15) is 19.2 Å². The SMILES string of the molecule is CC(C)(CNC(=O)c1ccc(-c2ccccc2C#N)nc1NCCc1cccc(F)c1)NC(=O)CN. The largest absolute Gasteiger partial charge is 0.369 e. The van der Waals surface area contributed by atoms with Gasteiger partial charge in [-0.15, -0.1) is 0 Å². The summed E-state index contributed by atoms with van der Waals surface area (Å²) < 4.78 is 13.5. The number of nitrogens with one attached hydrogen (secondary N) is 3. The lowest BCUT2D eigenvalue weighted by Gasteiger charge is -2.26. The van der Waals surface area contributed by atoms with Crippen LogP contribution < -0.4 is 21.7 Å². The summed E-state index contributed by atoms with van der Waals surface area (Å²) in [5.41, 5.74) is 7.40. The van der Waals surface area contributed by atoms with Crippen molar-refractivity contribution in [3.63, 3.8) is 0 Å². The first-order valence-electron chi connectivity index (χ1n) is 11.5. The third-order valence-corrected chi connectivity index (χ3v) is 5.41. The molecule has 3 aromatic rings. The highest BCUT2D eigenvalue weighted by Gasteiger charge is 2.22. The molecule has 0 bridgehead atoms. The number of nitriles is 1. The Kier molecular flexibility index (Phi) is 8.71. The van der Waals surface area contributed by atoms with E-state index in [1.54, 1.807) is 50.2 Å². The first-order valence-corrected chi connectivity index (χ1v) is 11.5. The van der Waals surface area contributed by atoms with Crippen molar-refractivity contribution in [2.75, 3.05) is 25.0 Å². The molecule has 2 aromatic carbocycles.